The van der Waals surface area contributed by atoms with Gasteiger partial charge in [-0.25, -0.2) is 4.98 Å². The lowest BCUT2D eigenvalue weighted by molar-refractivity contribution is 0.526. The van der Waals surface area contributed by atoms with Crippen molar-refractivity contribution < 1.29 is 0 Å². The maximum Gasteiger partial charge on any atom is 0.266 e. The third-order valence-corrected chi connectivity index (χ3v) is 4.19. The number of hydrogen-bond acceptors (Lipinski definition) is 4. The van der Waals surface area contributed by atoms with Gasteiger partial charge in [0.15, 0.2) is 0 Å². The molecule has 0 amide bonds. The molecule has 17 heavy (non-hydrogen) atoms. The minimum Gasteiger partial charge on any atom is -0.365 e. The molecule has 2 rings (SSSR count). The first kappa shape index (κ1) is 12.8. The number of anilines is 1. The van der Waals surface area contributed by atoms with Crippen molar-refractivity contribution in [3.63, 3.8) is 0 Å². The quantitative estimate of drug-likeness (QED) is 0.558. The molecule has 0 bridgehead atoms. The van der Waals surface area contributed by atoms with Crippen LogP contribution in [-0.4, -0.2) is 22.1 Å². The second kappa shape index (κ2) is 5.81. The monoisotopic (exact) mass is 348 g/mol. The lowest BCUT2D eigenvalue weighted by Gasteiger charge is -2.23. The van der Waals surface area contributed by atoms with Crippen LogP contribution in [0.4, 0.5) is 5.82 Å². The molecule has 1 fully saturated rings. The number of aromatic nitrogens is 2. The highest BCUT2D eigenvalue weighted by Gasteiger charge is 2.21. The highest BCUT2D eigenvalue weighted by atomic mass is 127. The van der Waals surface area contributed by atoms with Crippen LogP contribution in [0.1, 0.15) is 32.1 Å². The Balaban J connectivity index is 2.13. The molecule has 4 N–H and O–H groups in total. The number of hydrogen-bond donors (Lipinski definition) is 3. The van der Waals surface area contributed by atoms with Crippen LogP contribution in [0.15, 0.2) is 11.1 Å². The molecule has 0 radical (unpaired) electrons. The third kappa shape index (κ3) is 3.19. The fourth-order valence-corrected chi connectivity index (χ4v) is 2.63. The van der Waals surface area contributed by atoms with Crippen LogP contribution < -0.4 is 16.6 Å². The number of nitrogens with one attached hydrogen (secondary N) is 2. The summed E-state index contributed by atoms with van der Waals surface area (Å²) in [6.45, 7) is 0. The Bertz CT molecular complexity index is 434. The highest BCUT2D eigenvalue weighted by Crippen LogP contribution is 2.20. The Labute approximate surface area is 114 Å². The predicted octanol–water partition coefficient (Wildman–Crippen LogP) is 1.45. The molecular formula is C11H17IN4O. The highest BCUT2D eigenvalue weighted by molar-refractivity contribution is 14.1. The minimum atomic E-state index is -0.106. The van der Waals surface area contributed by atoms with E-state index in [-0.39, 0.29) is 17.6 Å². The van der Waals surface area contributed by atoms with Gasteiger partial charge < -0.3 is 16.0 Å². The molecule has 6 heteroatoms. The van der Waals surface area contributed by atoms with Crippen molar-refractivity contribution in [2.24, 2.45) is 5.73 Å². The largest absolute Gasteiger partial charge is 0.365 e. The number of nitrogens with zero attached hydrogens (tertiary/aromatic N) is 1. The molecule has 0 spiro atoms. The average Bonchev–Trinajstić information content (AvgIpc) is 2.51. The SMILES string of the molecule is NC1CCCCCC1Nc1nc[nH]c(=O)c1I. The van der Waals surface area contributed by atoms with Crippen molar-refractivity contribution in [1.82, 2.24) is 9.97 Å². The van der Waals surface area contributed by atoms with E-state index in [0.29, 0.717) is 9.39 Å². The Hall–Kier alpha value is -0.630. The third-order valence-electron chi connectivity index (χ3n) is 3.19. The maximum atomic E-state index is 11.5. The van der Waals surface area contributed by atoms with Crippen molar-refractivity contribution in [1.29, 1.82) is 0 Å². The van der Waals surface area contributed by atoms with Crippen LogP contribution >= 0.6 is 22.6 Å². The predicted molar refractivity (Wildman–Crippen MR) is 76.0 cm³/mol. The summed E-state index contributed by atoms with van der Waals surface area (Å²) >= 11 is 2.01. The maximum absolute atomic E-state index is 11.5. The van der Waals surface area contributed by atoms with Gasteiger partial charge in [0.05, 0.1) is 6.33 Å². The molecule has 1 saturated carbocycles. The summed E-state index contributed by atoms with van der Waals surface area (Å²) in [4.78, 5) is 18.2. The first-order valence-electron chi connectivity index (χ1n) is 5.94. The zero-order valence-corrected chi connectivity index (χ0v) is 11.7. The van der Waals surface area contributed by atoms with Gasteiger partial charge in [-0.3, -0.25) is 4.79 Å². The zero-order chi connectivity index (χ0) is 12.3. The number of nitrogens with two attached hydrogens (primary N) is 1. The van der Waals surface area contributed by atoms with Gasteiger partial charge in [-0.15, -0.1) is 0 Å². The molecular weight excluding hydrogens is 331 g/mol. The van der Waals surface area contributed by atoms with Crippen LogP contribution in [0.5, 0.6) is 0 Å². The smallest absolute Gasteiger partial charge is 0.266 e. The van der Waals surface area contributed by atoms with E-state index < -0.39 is 0 Å². The summed E-state index contributed by atoms with van der Waals surface area (Å²) in [5, 5.41) is 3.32. The van der Waals surface area contributed by atoms with Gasteiger partial charge in [0, 0.05) is 12.1 Å². The van der Waals surface area contributed by atoms with E-state index in [2.05, 4.69) is 15.3 Å². The molecule has 0 aliphatic heterocycles. The van der Waals surface area contributed by atoms with Crippen molar-refractivity contribution in [3.8, 4) is 0 Å². The molecule has 2 unspecified atom stereocenters. The van der Waals surface area contributed by atoms with Crippen LogP contribution in [0, 0.1) is 3.57 Å². The van der Waals surface area contributed by atoms with Crippen LogP contribution in [0.2, 0.25) is 0 Å². The lowest BCUT2D eigenvalue weighted by atomic mass is 10.0. The van der Waals surface area contributed by atoms with E-state index in [1.165, 1.54) is 25.6 Å². The Morgan fingerprint density at radius 1 is 1.41 bits per heavy atom. The molecule has 94 valence electrons. The summed E-state index contributed by atoms with van der Waals surface area (Å²) < 4.78 is 0.599. The van der Waals surface area contributed by atoms with Gasteiger partial charge >= 0.3 is 0 Å². The number of halogens is 1. The van der Waals surface area contributed by atoms with Gasteiger partial charge in [0.1, 0.15) is 9.39 Å². The standard InChI is InChI=1S/C11H17IN4O/c12-9-10(14-6-15-11(9)17)16-8-5-3-1-2-4-7(8)13/h6-8H,1-5,13H2,(H2,14,15,16,17). The van der Waals surface area contributed by atoms with Crippen LogP contribution in [-0.2, 0) is 0 Å². The van der Waals surface area contributed by atoms with E-state index in [0.717, 1.165) is 12.8 Å². The molecule has 0 aromatic carbocycles. The van der Waals surface area contributed by atoms with Crippen LogP contribution in [0.3, 0.4) is 0 Å². The topological polar surface area (TPSA) is 83.8 Å². The molecule has 5 nitrogen and oxygen atoms in total. The van der Waals surface area contributed by atoms with Gasteiger partial charge in [-0.1, -0.05) is 19.3 Å². The van der Waals surface area contributed by atoms with Gasteiger partial charge in [0.25, 0.3) is 5.56 Å². The number of H-pyrrole nitrogens is 1. The fraction of sp³-hybridized carbons (Fsp3) is 0.636. The molecule has 1 aliphatic carbocycles. The molecule has 1 heterocycles. The number of rotatable bonds is 2. The molecule has 1 aromatic rings. The molecule has 1 aliphatic rings. The van der Waals surface area contributed by atoms with E-state index in [9.17, 15) is 4.79 Å². The molecule has 2 atom stereocenters. The van der Waals surface area contributed by atoms with Crippen molar-refractivity contribution in [3.05, 3.63) is 20.3 Å². The van der Waals surface area contributed by atoms with Crippen molar-refractivity contribution in [2.75, 3.05) is 5.32 Å². The second-order valence-electron chi connectivity index (χ2n) is 4.45. The van der Waals surface area contributed by atoms with Gasteiger partial charge in [0.2, 0.25) is 0 Å². The second-order valence-corrected chi connectivity index (χ2v) is 5.53. The minimum absolute atomic E-state index is 0.106. The summed E-state index contributed by atoms with van der Waals surface area (Å²) in [5.74, 6) is 0.650. The first-order valence-corrected chi connectivity index (χ1v) is 7.01. The van der Waals surface area contributed by atoms with Crippen molar-refractivity contribution in [2.45, 2.75) is 44.2 Å². The first-order chi connectivity index (χ1) is 8.18. The molecule has 1 aromatic heterocycles. The fourth-order valence-electron chi connectivity index (χ4n) is 2.17. The van der Waals surface area contributed by atoms with Crippen LogP contribution in [0.25, 0.3) is 0 Å². The Morgan fingerprint density at radius 2 is 2.18 bits per heavy atom. The average molecular weight is 348 g/mol. The zero-order valence-electron chi connectivity index (χ0n) is 9.58. The summed E-state index contributed by atoms with van der Waals surface area (Å²) in [5.41, 5.74) is 6.03. The Kier molecular flexibility index (Phi) is 4.38. The van der Waals surface area contributed by atoms with E-state index in [1.807, 2.05) is 22.6 Å². The van der Waals surface area contributed by atoms with Gasteiger partial charge in [-0.05, 0) is 35.4 Å². The normalized spacial score (nSPS) is 25.3. The van der Waals surface area contributed by atoms with E-state index in [1.54, 1.807) is 0 Å². The van der Waals surface area contributed by atoms with Gasteiger partial charge in [-0.2, -0.15) is 0 Å². The number of aromatic amines is 1. The van der Waals surface area contributed by atoms with Crippen molar-refractivity contribution >= 4 is 28.4 Å². The van der Waals surface area contributed by atoms with E-state index >= 15 is 0 Å². The summed E-state index contributed by atoms with van der Waals surface area (Å²) in [6.07, 6.45) is 7.13. The Morgan fingerprint density at radius 3 is 3.00 bits per heavy atom. The lowest BCUT2D eigenvalue weighted by Crippen LogP contribution is -2.40. The summed E-state index contributed by atoms with van der Waals surface area (Å²) in [6, 6.07) is 0.370. The molecule has 0 saturated heterocycles. The summed E-state index contributed by atoms with van der Waals surface area (Å²) in [7, 11) is 0. The van der Waals surface area contributed by atoms with E-state index in [4.69, 9.17) is 5.73 Å².